The fraction of sp³-hybridized carbons (Fsp3) is 0.133. The van der Waals surface area contributed by atoms with E-state index in [0.29, 0.717) is 23.6 Å². The second-order valence-electron chi connectivity index (χ2n) is 4.01. The Hall–Kier alpha value is -2.07. The standard InChI is InChI=1S/C15H13ClFNO2/c1-2-20-14-6-4-3-5-11(14)15(19)18-10-7-8-13(17)12(16)9-10/h3-9H,2H2,1H3,(H,18,19). The molecule has 1 N–H and O–H groups in total. The van der Waals surface area contributed by atoms with Gasteiger partial charge in [0.15, 0.2) is 0 Å². The molecule has 0 aliphatic rings. The van der Waals surface area contributed by atoms with Gasteiger partial charge in [-0.25, -0.2) is 4.39 Å². The first kappa shape index (κ1) is 14.3. The molecule has 5 heteroatoms. The van der Waals surface area contributed by atoms with Gasteiger partial charge in [0.05, 0.1) is 17.2 Å². The summed E-state index contributed by atoms with van der Waals surface area (Å²) < 4.78 is 18.5. The van der Waals surface area contributed by atoms with Crippen molar-refractivity contribution in [2.75, 3.05) is 11.9 Å². The van der Waals surface area contributed by atoms with Crippen LogP contribution in [0.2, 0.25) is 5.02 Å². The second kappa shape index (κ2) is 6.39. The molecule has 2 rings (SSSR count). The average Bonchev–Trinajstić information content (AvgIpc) is 2.44. The van der Waals surface area contributed by atoms with Crippen molar-refractivity contribution in [1.29, 1.82) is 0 Å². The minimum absolute atomic E-state index is 0.0408. The normalized spacial score (nSPS) is 10.2. The highest BCUT2D eigenvalue weighted by Gasteiger charge is 2.12. The van der Waals surface area contributed by atoms with Gasteiger partial charge < -0.3 is 10.1 Å². The molecule has 0 atom stereocenters. The van der Waals surface area contributed by atoms with Crippen molar-refractivity contribution in [2.24, 2.45) is 0 Å². The van der Waals surface area contributed by atoms with Gasteiger partial charge in [0.25, 0.3) is 5.91 Å². The Bertz CT molecular complexity index is 631. The number of rotatable bonds is 4. The van der Waals surface area contributed by atoms with Gasteiger partial charge in [0.2, 0.25) is 0 Å². The molecular formula is C15H13ClFNO2. The van der Waals surface area contributed by atoms with Crippen LogP contribution in [0.15, 0.2) is 42.5 Å². The molecule has 0 saturated heterocycles. The average molecular weight is 294 g/mol. The van der Waals surface area contributed by atoms with Crippen LogP contribution in [0.25, 0.3) is 0 Å². The van der Waals surface area contributed by atoms with E-state index in [0.717, 1.165) is 0 Å². The van der Waals surface area contributed by atoms with Gasteiger partial charge in [-0.15, -0.1) is 0 Å². The van der Waals surface area contributed by atoms with Gasteiger partial charge in [0.1, 0.15) is 11.6 Å². The lowest BCUT2D eigenvalue weighted by Crippen LogP contribution is -2.13. The third kappa shape index (κ3) is 3.27. The molecule has 0 bridgehead atoms. The third-order valence-electron chi connectivity index (χ3n) is 2.61. The van der Waals surface area contributed by atoms with Crippen LogP contribution in [0.3, 0.4) is 0 Å². The summed E-state index contributed by atoms with van der Waals surface area (Å²) in [6.07, 6.45) is 0. The van der Waals surface area contributed by atoms with Crippen LogP contribution in [-0.2, 0) is 0 Å². The molecule has 2 aromatic carbocycles. The minimum atomic E-state index is -0.528. The van der Waals surface area contributed by atoms with Crippen molar-refractivity contribution in [3.63, 3.8) is 0 Å². The van der Waals surface area contributed by atoms with E-state index in [1.165, 1.54) is 18.2 Å². The predicted octanol–water partition coefficient (Wildman–Crippen LogP) is 4.13. The van der Waals surface area contributed by atoms with Crippen LogP contribution in [0.4, 0.5) is 10.1 Å². The van der Waals surface area contributed by atoms with E-state index in [9.17, 15) is 9.18 Å². The number of hydrogen-bond acceptors (Lipinski definition) is 2. The summed E-state index contributed by atoms with van der Waals surface area (Å²) in [5.74, 6) is -0.364. The van der Waals surface area contributed by atoms with Gasteiger partial charge >= 0.3 is 0 Å². The Balaban J connectivity index is 2.21. The number of carbonyl (C=O) groups is 1. The molecule has 0 radical (unpaired) electrons. The summed E-state index contributed by atoms with van der Waals surface area (Å²) in [5.41, 5.74) is 0.836. The number of hydrogen-bond donors (Lipinski definition) is 1. The molecule has 0 aliphatic heterocycles. The first-order valence-electron chi connectivity index (χ1n) is 6.10. The number of amides is 1. The quantitative estimate of drug-likeness (QED) is 0.920. The summed E-state index contributed by atoms with van der Waals surface area (Å²) in [4.78, 5) is 12.2. The Labute approximate surface area is 121 Å². The number of ether oxygens (including phenoxy) is 1. The third-order valence-corrected chi connectivity index (χ3v) is 2.90. The van der Waals surface area contributed by atoms with Crippen molar-refractivity contribution in [2.45, 2.75) is 6.92 Å². The highest BCUT2D eigenvalue weighted by atomic mass is 35.5. The zero-order chi connectivity index (χ0) is 14.5. The molecule has 0 aliphatic carbocycles. The summed E-state index contributed by atoms with van der Waals surface area (Å²) in [6, 6.07) is 10.9. The van der Waals surface area contributed by atoms with E-state index in [1.807, 2.05) is 6.92 Å². The van der Waals surface area contributed by atoms with Crippen LogP contribution < -0.4 is 10.1 Å². The molecule has 0 saturated carbocycles. The molecule has 104 valence electrons. The van der Waals surface area contributed by atoms with Crippen molar-refractivity contribution >= 4 is 23.2 Å². The van der Waals surface area contributed by atoms with Crippen molar-refractivity contribution in [1.82, 2.24) is 0 Å². The molecule has 20 heavy (non-hydrogen) atoms. The second-order valence-corrected chi connectivity index (χ2v) is 4.42. The Morgan fingerprint density at radius 2 is 2.05 bits per heavy atom. The zero-order valence-corrected chi connectivity index (χ0v) is 11.6. The lowest BCUT2D eigenvalue weighted by atomic mass is 10.2. The van der Waals surface area contributed by atoms with Gasteiger partial charge in [-0.05, 0) is 37.3 Å². The highest BCUT2D eigenvalue weighted by molar-refractivity contribution is 6.31. The van der Waals surface area contributed by atoms with Gasteiger partial charge in [0, 0.05) is 5.69 Å². The predicted molar refractivity (Wildman–Crippen MR) is 77.0 cm³/mol. The van der Waals surface area contributed by atoms with Crippen LogP contribution in [-0.4, -0.2) is 12.5 Å². The molecular weight excluding hydrogens is 281 g/mol. The molecule has 0 heterocycles. The number of anilines is 1. The first-order chi connectivity index (χ1) is 9.61. The lowest BCUT2D eigenvalue weighted by Gasteiger charge is -2.10. The monoisotopic (exact) mass is 293 g/mol. The van der Waals surface area contributed by atoms with E-state index >= 15 is 0 Å². The maximum absolute atomic E-state index is 13.1. The summed E-state index contributed by atoms with van der Waals surface area (Å²) in [5, 5.41) is 2.61. The fourth-order valence-corrected chi connectivity index (χ4v) is 1.89. The van der Waals surface area contributed by atoms with Crippen LogP contribution in [0.5, 0.6) is 5.75 Å². The van der Waals surface area contributed by atoms with E-state index in [2.05, 4.69) is 5.32 Å². The summed E-state index contributed by atoms with van der Waals surface area (Å²) in [7, 11) is 0. The maximum atomic E-state index is 13.1. The van der Waals surface area contributed by atoms with Crippen molar-refractivity contribution in [3.05, 3.63) is 58.9 Å². The highest BCUT2D eigenvalue weighted by Crippen LogP contribution is 2.22. The zero-order valence-electron chi connectivity index (χ0n) is 10.8. The lowest BCUT2D eigenvalue weighted by molar-refractivity contribution is 0.102. The number of benzene rings is 2. The summed E-state index contributed by atoms with van der Waals surface area (Å²) >= 11 is 5.67. The topological polar surface area (TPSA) is 38.3 Å². The largest absolute Gasteiger partial charge is 0.493 e. The van der Waals surface area contributed by atoms with Gasteiger partial charge in [-0.2, -0.15) is 0 Å². The Kier molecular flexibility index (Phi) is 4.58. The molecule has 3 nitrogen and oxygen atoms in total. The van der Waals surface area contributed by atoms with Crippen LogP contribution in [0, 0.1) is 5.82 Å². The number of halogens is 2. The Morgan fingerprint density at radius 1 is 1.30 bits per heavy atom. The van der Waals surface area contributed by atoms with Crippen LogP contribution >= 0.6 is 11.6 Å². The van der Waals surface area contributed by atoms with Crippen molar-refractivity contribution < 1.29 is 13.9 Å². The minimum Gasteiger partial charge on any atom is -0.493 e. The SMILES string of the molecule is CCOc1ccccc1C(=O)Nc1ccc(F)c(Cl)c1. The Morgan fingerprint density at radius 3 is 2.75 bits per heavy atom. The maximum Gasteiger partial charge on any atom is 0.259 e. The van der Waals surface area contributed by atoms with E-state index < -0.39 is 5.82 Å². The molecule has 0 unspecified atom stereocenters. The van der Waals surface area contributed by atoms with E-state index in [-0.39, 0.29) is 10.9 Å². The number of nitrogens with one attached hydrogen (secondary N) is 1. The number of para-hydroxylation sites is 1. The van der Waals surface area contributed by atoms with Gasteiger partial charge in [-0.1, -0.05) is 23.7 Å². The van der Waals surface area contributed by atoms with Crippen molar-refractivity contribution in [3.8, 4) is 5.75 Å². The fourth-order valence-electron chi connectivity index (χ4n) is 1.71. The van der Waals surface area contributed by atoms with E-state index in [4.69, 9.17) is 16.3 Å². The smallest absolute Gasteiger partial charge is 0.259 e. The van der Waals surface area contributed by atoms with Gasteiger partial charge in [-0.3, -0.25) is 4.79 Å². The summed E-state index contributed by atoms with van der Waals surface area (Å²) in [6.45, 7) is 2.31. The molecule has 0 aromatic heterocycles. The molecule has 0 spiro atoms. The van der Waals surface area contributed by atoms with Crippen LogP contribution in [0.1, 0.15) is 17.3 Å². The molecule has 0 fully saturated rings. The molecule has 1 amide bonds. The van der Waals surface area contributed by atoms with E-state index in [1.54, 1.807) is 24.3 Å². The number of carbonyl (C=O) groups excluding carboxylic acids is 1. The first-order valence-corrected chi connectivity index (χ1v) is 6.48. The molecule has 2 aromatic rings.